The Morgan fingerprint density at radius 3 is 2.76 bits per heavy atom. The van der Waals surface area contributed by atoms with Crippen molar-refractivity contribution in [3.8, 4) is 16.9 Å². The molecule has 5 rings (SSSR count). The van der Waals surface area contributed by atoms with Crippen LogP contribution in [0.15, 0.2) is 30.7 Å². The number of rotatable bonds is 5. The molecule has 4 aromatic heterocycles. The second-order valence-corrected chi connectivity index (χ2v) is 9.60. The summed E-state index contributed by atoms with van der Waals surface area (Å²) < 4.78 is 50.9. The van der Waals surface area contributed by atoms with E-state index in [1.54, 1.807) is 19.1 Å². The van der Waals surface area contributed by atoms with Gasteiger partial charge in [-0.05, 0) is 19.1 Å². The maximum absolute atomic E-state index is 13.5. The summed E-state index contributed by atoms with van der Waals surface area (Å²) in [6.07, 6.45) is -0.384. The van der Waals surface area contributed by atoms with E-state index < -0.39 is 24.7 Å². The van der Waals surface area contributed by atoms with Gasteiger partial charge in [0.05, 0.1) is 38.3 Å². The smallest absolute Gasteiger partial charge is 0.411 e. The summed E-state index contributed by atoms with van der Waals surface area (Å²) in [6, 6.07) is 1.47. The predicted octanol–water partition coefficient (Wildman–Crippen LogP) is 4.53. The molecule has 0 saturated carbocycles. The molecule has 1 saturated heterocycles. The molecule has 198 valence electrons. The number of aromatic nitrogens is 5. The Morgan fingerprint density at radius 1 is 1.18 bits per heavy atom. The second kappa shape index (κ2) is 10.3. The molecule has 1 aliphatic rings. The van der Waals surface area contributed by atoms with Crippen molar-refractivity contribution in [3.05, 3.63) is 47.1 Å². The number of hydrogen-bond donors (Lipinski definition) is 1. The van der Waals surface area contributed by atoms with Crippen LogP contribution in [0.25, 0.3) is 21.6 Å². The van der Waals surface area contributed by atoms with E-state index in [0.29, 0.717) is 22.6 Å². The van der Waals surface area contributed by atoms with Gasteiger partial charge in [0.1, 0.15) is 22.8 Å². The molecule has 4 aromatic rings. The van der Waals surface area contributed by atoms with Crippen LogP contribution in [0.4, 0.5) is 24.1 Å². The van der Waals surface area contributed by atoms with Crippen LogP contribution in [0.5, 0.6) is 5.75 Å². The summed E-state index contributed by atoms with van der Waals surface area (Å²) in [5.41, 5.74) is 2.13. The first-order valence-electron chi connectivity index (χ1n) is 11.2. The highest BCUT2D eigenvalue weighted by Crippen LogP contribution is 2.35. The maximum Gasteiger partial charge on any atom is 0.411 e. The molecule has 0 radical (unpaired) electrons. The Bertz CT molecular complexity index is 1520. The van der Waals surface area contributed by atoms with Gasteiger partial charge in [-0.25, -0.2) is 15.0 Å². The van der Waals surface area contributed by atoms with E-state index in [1.165, 1.54) is 25.7 Å². The normalized spacial score (nSPS) is 16.1. The van der Waals surface area contributed by atoms with E-state index in [2.05, 4.69) is 30.2 Å². The fraction of sp³-hybridized carbons (Fsp3) is 0.304. The van der Waals surface area contributed by atoms with Crippen molar-refractivity contribution in [2.75, 3.05) is 37.1 Å². The molecular formula is C23H19ClF3N7O3S. The van der Waals surface area contributed by atoms with Crippen molar-refractivity contribution in [2.45, 2.75) is 19.1 Å². The summed E-state index contributed by atoms with van der Waals surface area (Å²) in [4.78, 5) is 35.7. The van der Waals surface area contributed by atoms with Crippen LogP contribution in [-0.2, 0) is 4.74 Å². The van der Waals surface area contributed by atoms with Crippen molar-refractivity contribution in [1.29, 1.82) is 0 Å². The number of pyridine rings is 2. The Labute approximate surface area is 222 Å². The van der Waals surface area contributed by atoms with Gasteiger partial charge in [-0.15, -0.1) is 0 Å². The largest absolute Gasteiger partial charge is 0.494 e. The minimum atomic E-state index is -4.49. The van der Waals surface area contributed by atoms with Gasteiger partial charge >= 0.3 is 6.18 Å². The first-order valence-corrected chi connectivity index (χ1v) is 12.4. The van der Waals surface area contributed by atoms with Crippen LogP contribution in [0, 0.1) is 6.92 Å². The fourth-order valence-electron chi connectivity index (χ4n) is 3.97. The van der Waals surface area contributed by atoms with Gasteiger partial charge in [-0.1, -0.05) is 22.9 Å². The number of anilines is 2. The lowest BCUT2D eigenvalue weighted by Gasteiger charge is -2.37. The molecule has 0 bridgehead atoms. The highest BCUT2D eigenvalue weighted by atomic mass is 35.5. The molecule has 1 N–H and O–H groups in total. The second-order valence-electron chi connectivity index (χ2n) is 8.23. The lowest BCUT2D eigenvalue weighted by atomic mass is 10.0. The number of fused-ring (bicyclic) bond motifs is 1. The van der Waals surface area contributed by atoms with Crippen molar-refractivity contribution >= 4 is 50.3 Å². The first-order chi connectivity index (χ1) is 18.1. The number of halogens is 4. The van der Waals surface area contributed by atoms with Gasteiger partial charge in [0, 0.05) is 29.6 Å². The number of hydrogen-bond acceptors (Lipinski definition) is 10. The van der Waals surface area contributed by atoms with Gasteiger partial charge in [0.25, 0.3) is 5.91 Å². The molecule has 1 atom stereocenters. The SMILES string of the molecule is COc1cnc(Cl)cc1-c1cc(C)ncc1C(=O)Nc1nc2ncc(N3CCOC[C@H]3C(F)(F)F)nc2s1. The number of nitrogens with zero attached hydrogens (tertiary/aromatic N) is 6. The lowest BCUT2D eigenvalue weighted by molar-refractivity contribution is -0.167. The van der Waals surface area contributed by atoms with Crippen molar-refractivity contribution in [1.82, 2.24) is 24.9 Å². The molecule has 1 amide bonds. The number of morpholine rings is 1. The maximum atomic E-state index is 13.5. The Morgan fingerprint density at radius 2 is 2.00 bits per heavy atom. The van der Waals surface area contributed by atoms with Gasteiger partial charge in [-0.3, -0.25) is 15.1 Å². The summed E-state index contributed by atoms with van der Waals surface area (Å²) in [7, 11) is 1.48. The van der Waals surface area contributed by atoms with Gasteiger partial charge < -0.3 is 14.4 Å². The number of amides is 1. The van der Waals surface area contributed by atoms with Crippen LogP contribution in [0.1, 0.15) is 16.1 Å². The van der Waals surface area contributed by atoms with E-state index in [1.807, 2.05) is 0 Å². The van der Waals surface area contributed by atoms with Crippen LogP contribution < -0.4 is 15.0 Å². The highest BCUT2D eigenvalue weighted by molar-refractivity contribution is 7.21. The Kier molecular flexibility index (Phi) is 7.03. The summed E-state index contributed by atoms with van der Waals surface area (Å²) >= 11 is 7.09. The Hall–Kier alpha value is -3.62. The average Bonchev–Trinajstić information content (AvgIpc) is 3.29. The average molecular weight is 566 g/mol. The summed E-state index contributed by atoms with van der Waals surface area (Å²) in [5.74, 6) is -0.0568. The molecule has 15 heteroatoms. The number of carbonyl (C=O) groups is 1. The fourth-order valence-corrected chi connectivity index (χ4v) is 4.92. The van der Waals surface area contributed by atoms with Crippen LogP contribution in [-0.4, -0.2) is 69.9 Å². The number of methoxy groups -OCH3 is 1. The molecule has 0 aromatic carbocycles. The molecule has 5 heterocycles. The van der Waals surface area contributed by atoms with Crippen molar-refractivity contribution in [3.63, 3.8) is 0 Å². The van der Waals surface area contributed by atoms with Gasteiger partial charge in [0.2, 0.25) is 0 Å². The van der Waals surface area contributed by atoms with Crippen molar-refractivity contribution in [2.24, 2.45) is 0 Å². The monoisotopic (exact) mass is 565 g/mol. The standard InChI is InChI=1S/C23H19ClF3N7O3S/c1-11-5-12(13-6-17(24)29-8-15(13)36-2)14(7-28-11)20(35)33-22-32-19-21(38-22)31-18(9-30-19)34-3-4-37-10-16(34)23(25,26)27/h5-9,16H,3-4,10H2,1-2H3,(H,30,32,33,35)/t16-/m0/s1. The van der Waals surface area contributed by atoms with Crippen molar-refractivity contribution < 1.29 is 27.4 Å². The lowest BCUT2D eigenvalue weighted by Crippen LogP contribution is -2.53. The van der Waals surface area contributed by atoms with Crippen LogP contribution in [0.2, 0.25) is 5.15 Å². The molecule has 1 aliphatic heterocycles. The van der Waals surface area contributed by atoms with Crippen LogP contribution in [0.3, 0.4) is 0 Å². The van der Waals surface area contributed by atoms with E-state index in [-0.39, 0.29) is 45.3 Å². The first kappa shape index (κ1) is 26.0. The molecule has 1 fully saturated rings. The number of nitrogens with one attached hydrogen (secondary N) is 1. The topological polar surface area (TPSA) is 115 Å². The van der Waals surface area contributed by atoms with E-state index in [9.17, 15) is 18.0 Å². The molecule has 10 nitrogen and oxygen atoms in total. The number of thiazole rings is 1. The zero-order valence-electron chi connectivity index (χ0n) is 19.9. The van der Waals surface area contributed by atoms with E-state index in [0.717, 1.165) is 16.2 Å². The van der Waals surface area contributed by atoms with Crippen LogP contribution >= 0.6 is 22.9 Å². The van der Waals surface area contributed by atoms with Gasteiger partial charge in [-0.2, -0.15) is 18.2 Å². The molecule has 0 aliphatic carbocycles. The zero-order chi connectivity index (χ0) is 27.0. The molecule has 0 unspecified atom stereocenters. The third-order valence-electron chi connectivity index (χ3n) is 5.76. The number of ether oxygens (including phenoxy) is 2. The van der Waals surface area contributed by atoms with Gasteiger partial charge in [0.15, 0.2) is 15.6 Å². The summed E-state index contributed by atoms with van der Waals surface area (Å²) in [5, 5.41) is 3.09. The Balaban J connectivity index is 1.45. The zero-order valence-corrected chi connectivity index (χ0v) is 21.5. The molecule has 38 heavy (non-hydrogen) atoms. The third kappa shape index (κ3) is 5.19. The predicted molar refractivity (Wildman–Crippen MR) is 135 cm³/mol. The third-order valence-corrected chi connectivity index (χ3v) is 6.82. The molecule has 0 spiro atoms. The minimum Gasteiger partial charge on any atom is -0.494 e. The highest BCUT2D eigenvalue weighted by Gasteiger charge is 2.46. The number of aryl methyl sites for hydroxylation is 1. The van der Waals surface area contributed by atoms with E-state index >= 15 is 0 Å². The number of carbonyl (C=O) groups excluding carboxylic acids is 1. The van der Waals surface area contributed by atoms with E-state index in [4.69, 9.17) is 21.1 Å². The minimum absolute atomic E-state index is 0.0123. The molecular weight excluding hydrogens is 547 g/mol. The number of alkyl halides is 3. The summed E-state index contributed by atoms with van der Waals surface area (Å²) in [6.45, 7) is 1.43. The quantitative estimate of drug-likeness (QED) is 0.348.